The number of nitrogens with one attached hydrogen (secondary N) is 1. The molecular formula is C18H20N2O. The van der Waals surface area contributed by atoms with Crippen LogP contribution in [-0.2, 0) is 11.2 Å². The lowest BCUT2D eigenvalue weighted by Crippen LogP contribution is -2.46. The maximum absolute atomic E-state index is 12.7. The smallest absolute Gasteiger partial charge is 0.250 e. The number of para-hydroxylation sites is 1. The average Bonchev–Trinajstić information content (AvgIpc) is 2.87. The van der Waals surface area contributed by atoms with E-state index in [0.717, 1.165) is 25.0 Å². The van der Waals surface area contributed by atoms with Crippen molar-refractivity contribution < 1.29 is 4.79 Å². The standard InChI is InChI=1S/C18H20N2O/c1-3-12-11(2)10-16-17-14(8-9-20(16)18(12)21)13-6-4-5-7-15(13)19-17/h3-7,11,16,19H,8-10H2,1-2H3/b12-3+/t11-,16+/m1/s1. The third-order valence-corrected chi connectivity index (χ3v) is 5.09. The van der Waals surface area contributed by atoms with Gasteiger partial charge in [0.05, 0.1) is 6.04 Å². The lowest BCUT2D eigenvalue weighted by molar-refractivity contribution is -0.133. The Morgan fingerprint density at radius 1 is 1.33 bits per heavy atom. The first-order valence-electron chi connectivity index (χ1n) is 7.77. The molecule has 1 saturated heterocycles. The molecule has 3 heteroatoms. The van der Waals surface area contributed by atoms with E-state index in [9.17, 15) is 4.79 Å². The Morgan fingerprint density at radius 3 is 2.95 bits per heavy atom. The molecule has 1 aromatic carbocycles. The molecule has 2 atom stereocenters. The van der Waals surface area contributed by atoms with Crippen molar-refractivity contribution in [2.75, 3.05) is 6.54 Å². The monoisotopic (exact) mass is 280 g/mol. The Bertz CT molecular complexity index is 756. The van der Waals surface area contributed by atoms with E-state index in [0.29, 0.717) is 5.92 Å². The van der Waals surface area contributed by atoms with E-state index >= 15 is 0 Å². The van der Waals surface area contributed by atoms with Crippen molar-refractivity contribution >= 4 is 16.8 Å². The van der Waals surface area contributed by atoms with E-state index in [4.69, 9.17) is 0 Å². The summed E-state index contributed by atoms with van der Waals surface area (Å²) in [4.78, 5) is 18.3. The zero-order valence-electron chi connectivity index (χ0n) is 12.5. The minimum Gasteiger partial charge on any atom is -0.356 e. The van der Waals surface area contributed by atoms with Gasteiger partial charge >= 0.3 is 0 Å². The van der Waals surface area contributed by atoms with Gasteiger partial charge in [0.15, 0.2) is 0 Å². The van der Waals surface area contributed by atoms with Crippen molar-refractivity contribution in [3.63, 3.8) is 0 Å². The van der Waals surface area contributed by atoms with Crippen LogP contribution < -0.4 is 0 Å². The highest BCUT2D eigenvalue weighted by atomic mass is 16.2. The fourth-order valence-corrected chi connectivity index (χ4v) is 4.05. The molecule has 1 amide bonds. The van der Waals surface area contributed by atoms with Crippen molar-refractivity contribution in [3.05, 3.63) is 47.2 Å². The topological polar surface area (TPSA) is 36.1 Å². The van der Waals surface area contributed by atoms with Crippen LogP contribution in [0.4, 0.5) is 0 Å². The van der Waals surface area contributed by atoms with Crippen LogP contribution in [-0.4, -0.2) is 22.3 Å². The summed E-state index contributed by atoms with van der Waals surface area (Å²) >= 11 is 0. The summed E-state index contributed by atoms with van der Waals surface area (Å²) in [6, 6.07) is 8.69. The van der Waals surface area contributed by atoms with Gasteiger partial charge in [-0.3, -0.25) is 4.79 Å². The molecule has 0 unspecified atom stereocenters. The molecule has 0 radical (unpaired) electrons. The highest BCUT2D eigenvalue weighted by molar-refractivity contribution is 5.96. The molecule has 1 N–H and O–H groups in total. The first-order chi connectivity index (χ1) is 10.2. The van der Waals surface area contributed by atoms with E-state index in [1.165, 1.54) is 22.2 Å². The molecule has 2 aliphatic heterocycles. The SMILES string of the molecule is C/C=C1/C(=O)N2CCc3c([nH]c4ccccc34)[C@@H]2C[C@H]1C. The van der Waals surface area contributed by atoms with Gasteiger partial charge in [0.2, 0.25) is 5.91 Å². The molecule has 21 heavy (non-hydrogen) atoms. The molecule has 3 nitrogen and oxygen atoms in total. The number of aromatic nitrogens is 1. The summed E-state index contributed by atoms with van der Waals surface area (Å²) in [5, 5.41) is 1.32. The highest BCUT2D eigenvalue weighted by Crippen LogP contribution is 2.42. The van der Waals surface area contributed by atoms with Crippen molar-refractivity contribution in [1.29, 1.82) is 0 Å². The molecule has 2 aliphatic rings. The predicted molar refractivity (Wildman–Crippen MR) is 84.0 cm³/mol. The van der Waals surface area contributed by atoms with Gasteiger partial charge in [-0.05, 0) is 37.3 Å². The van der Waals surface area contributed by atoms with Crippen LogP contribution in [0.25, 0.3) is 10.9 Å². The fourth-order valence-electron chi connectivity index (χ4n) is 4.05. The van der Waals surface area contributed by atoms with Crippen LogP contribution >= 0.6 is 0 Å². The third-order valence-electron chi connectivity index (χ3n) is 5.09. The second-order valence-electron chi connectivity index (χ2n) is 6.21. The van der Waals surface area contributed by atoms with E-state index in [2.05, 4.69) is 41.1 Å². The van der Waals surface area contributed by atoms with Crippen molar-refractivity contribution in [2.24, 2.45) is 5.92 Å². The zero-order valence-corrected chi connectivity index (χ0v) is 12.5. The largest absolute Gasteiger partial charge is 0.356 e. The first-order valence-corrected chi connectivity index (χ1v) is 7.77. The molecule has 1 fully saturated rings. The summed E-state index contributed by atoms with van der Waals surface area (Å²) in [6.45, 7) is 4.98. The second-order valence-corrected chi connectivity index (χ2v) is 6.21. The summed E-state index contributed by atoms with van der Waals surface area (Å²) in [5.74, 6) is 0.562. The van der Waals surface area contributed by atoms with Gasteiger partial charge in [-0.1, -0.05) is 31.2 Å². The maximum atomic E-state index is 12.7. The van der Waals surface area contributed by atoms with Gasteiger partial charge in [-0.2, -0.15) is 0 Å². The number of carbonyl (C=O) groups excluding carboxylic acids is 1. The number of hydrogen-bond acceptors (Lipinski definition) is 1. The Balaban J connectivity index is 1.84. The summed E-state index contributed by atoms with van der Waals surface area (Å²) in [6.07, 6.45) is 3.96. The van der Waals surface area contributed by atoms with Gasteiger partial charge in [-0.15, -0.1) is 0 Å². The molecule has 108 valence electrons. The lowest BCUT2D eigenvalue weighted by Gasteiger charge is -2.42. The fraction of sp³-hybridized carbons (Fsp3) is 0.389. The first kappa shape index (κ1) is 12.7. The number of rotatable bonds is 0. The number of benzene rings is 1. The number of allylic oxidation sites excluding steroid dienone is 1. The Hall–Kier alpha value is -2.03. The third kappa shape index (κ3) is 1.70. The van der Waals surface area contributed by atoms with E-state index in [-0.39, 0.29) is 11.9 Å². The van der Waals surface area contributed by atoms with Crippen molar-refractivity contribution in [3.8, 4) is 0 Å². The molecule has 0 aliphatic carbocycles. The zero-order chi connectivity index (χ0) is 14.6. The molecule has 0 saturated carbocycles. The van der Waals surface area contributed by atoms with Crippen LogP contribution in [0.3, 0.4) is 0 Å². The van der Waals surface area contributed by atoms with Crippen LogP contribution in [0, 0.1) is 5.92 Å². The quantitative estimate of drug-likeness (QED) is 0.736. The molecule has 3 heterocycles. The number of fused-ring (bicyclic) bond motifs is 5. The van der Waals surface area contributed by atoms with Crippen LogP contribution in [0.5, 0.6) is 0 Å². The Morgan fingerprint density at radius 2 is 2.14 bits per heavy atom. The molecule has 1 aromatic heterocycles. The highest BCUT2D eigenvalue weighted by Gasteiger charge is 2.40. The molecule has 2 aromatic rings. The van der Waals surface area contributed by atoms with E-state index in [1.54, 1.807) is 0 Å². The van der Waals surface area contributed by atoms with Gasteiger partial charge < -0.3 is 9.88 Å². The van der Waals surface area contributed by atoms with Crippen LogP contribution in [0.15, 0.2) is 35.9 Å². The minimum atomic E-state index is 0.215. The van der Waals surface area contributed by atoms with Gasteiger partial charge in [0.1, 0.15) is 0 Å². The predicted octanol–water partition coefficient (Wildman–Crippen LogP) is 3.58. The Kier molecular flexibility index (Phi) is 2.71. The van der Waals surface area contributed by atoms with Gasteiger partial charge in [0, 0.05) is 28.7 Å². The summed E-state index contributed by atoms with van der Waals surface area (Å²) in [5.41, 5.74) is 4.85. The number of carbonyl (C=O) groups is 1. The second kappa shape index (κ2) is 4.48. The van der Waals surface area contributed by atoms with Gasteiger partial charge in [0.25, 0.3) is 0 Å². The van der Waals surface area contributed by atoms with Crippen molar-refractivity contribution in [1.82, 2.24) is 9.88 Å². The van der Waals surface area contributed by atoms with Crippen LogP contribution in [0.2, 0.25) is 0 Å². The van der Waals surface area contributed by atoms with E-state index in [1.807, 2.05) is 13.0 Å². The maximum Gasteiger partial charge on any atom is 0.250 e. The van der Waals surface area contributed by atoms with Gasteiger partial charge in [-0.25, -0.2) is 0 Å². The van der Waals surface area contributed by atoms with Crippen LogP contribution in [0.1, 0.15) is 37.6 Å². The number of nitrogens with zero attached hydrogens (tertiary/aromatic N) is 1. The van der Waals surface area contributed by atoms with Crippen molar-refractivity contribution in [2.45, 2.75) is 32.7 Å². The molecule has 0 spiro atoms. The molecule has 4 rings (SSSR count). The number of piperidine rings is 1. The van der Waals surface area contributed by atoms with E-state index < -0.39 is 0 Å². The number of hydrogen-bond donors (Lipinski definition) is 1. The summed E-state index contributed by atoms with van der Waals surface area (Å²) in [7, 11) is 0. The molecular weight excluding hydrogens is 260 g/mol. The normalized spacial score (nSPS) is 27.0. The number of amides is 1. The summed E-state index contributed by atoms with van der Waals surface area (Å²) < 4.78 is 0. The lowest BCUT2D eigenvalue weighted by atomic mass is 9.82. The average molecular weight is 280 g/mol. The Labute approximate surface area is 124 Å². The number of H-pyrrole nitrogens is 1. The molecule has 0 bridgehead atoms. The minimum absolute atomic E-state index is 0.215. The number of aromatic amines is 1.